The molecule has 1 aliphatic heterocycles. The Hall–Kier alpha value is -2.24. The van der Waals surface area contributed by atoms with Gasteiger partial charge in [0.05, 0.1) is 30.8 Å². The Morgan fingerprint density at radius 2 is 1.93 bits per heavy atom. The average Bonchev–Trinajstić information content (AvgIpc) is 2.71. The molecule has 2 atom stereocenters. The summed E-state index contributed by atoms with van der Waals surface area (Å²) in [6.45, 7) is 6.00. The van der Waals surface area contributed by atoms with Crippen molar-refractivity contribution in [3.63, 3.8) is 0 Å². The number of rotatable bonds is 6. The van der Waals surface area contributed by atoms with Crippen molar-refractivity contribution in [2.75, 3.05) is 27.3 Å². The number of nitrogens with zero attached hydrogens (tertiary/aromatic N) is 1. The van der Waals surface area contributed by atoms with Gasteiger partial charge in [0.25, 0.3) is 5.91 Å². The Balaban J connectivity index is 1.93. The fourth-order valence-electron chi connectivity index (χ4n) is 3.98. The second-order valence-electron chi connectivity index (χ2n) is 6.97. The predicted molar refractivity (Wildman–Crippen MR) is 112 cm³/mol. The Bertz CT molecular complexity index is 856. The van der Waals surface area contributed by atoms with Crippen molar-refractivity contribution in [2.24, 2.45) is 0 Å². The third-order valence-corrected chi connectivity index (χ3v) is 5.71. The third kappa shape index (κ3) is 3.96. The predicted octanol–water partition coefficient (Wildman–Crippen LogP) is 4.09. The molecule has 0 spiro atoms. The maximum Gasteiger partial charge on any atom is 0.253 e. The molecule has 0 saturated carbocycles. The van der Waals surface area contributed by atoms with Gasteiger partial charge in [0.1, 0.15) is 0 Å². The summed E-state index contributed by atoms with van der Waals surface area (Å²) in [5.41, 5.74) is 2.88. The quantitative estimate of drug-likeness (QED) is 0.790. The highest BCUT2D eigenvalue weighted by Gasteiger charge is 2.33. The van der Waals surface area contributed by atoms with Crippen LogP contribution in [0.3, 0.4) is 0 Å². The van der Waals surface area contributed by atoms with Crippen molar-refractivity contribution in [2.45, 2.75) is 32.4 Å². The second-order valence-corrected chi connectivity index (χ2v) is 7.38. The molecule has 0 fully saturated rings. The molecule has 5 nitrogen and oxygen atoms in total. The zero-order valence-corrected chi connectivity index (χ0v) is 17.5. The molecule has 2 aromatic carbocycles. The first-order chi connectivity index (χ1) is 13.5. The number of ether oxygens (including phenoxy) is 2. The van der Waals surface area contributed by atoms with E-state index in [1.54, 1.807) is 26.4 Å². The van der Waals surface area contributed by atoms with Crippen LogP contribution >= 0.6 is 11.6 Å². The Kier molecular flexibility index (Phi) is 6.47. The van der Waals surface area contributed by atoms with Crippen molar-refractivity contribution in [3.8, 4) is 11.5 Å². The van der Waals surface area contributed by atoms with Gasteiger partial charge in [0, 0.05) is 12.6 Å². The van der Waals surface area contributed by atoms with Gasteiger partial charge in [0.2, 0.25) is 0 Å². The zero-order valence-electron chi connectivity index (χ0n) is 16.8. The summed E-state index contributed by atoms with van der Waals surface area (Å²) in [6.07, 6.45) is 0.936. The van der Waals surface area contributed by atoms with Gasteiger partial charge in [-0.2, -0.15) is 0 Å². The summed E-state index contributed by atoms with van der Waals surface area (Å²) >= 11 is 6.20. The molecule has 1 amide bonds. The van der Waals surface area contributed by atoms with Crippen LogP contribution in [0.5, 0.6) is 11.5 Å². The number of halogens is 1. The lowest BCUT2D eigenvalue weighted by Crippen LogP contribution is -2.47. The van der Waals surface area contributed by atoms with Crippen LogP contribution < -0.4 is 14.8 Å². The monoisotopic (exact) mass is 402 g/mol. The van der Waals surface area contributed by atoms with Crippen LogP contribution in [0.1, 0.15) is 41.4 Å². The van der Waals surface area contributed by atoms with Gasteiger partial charge in [-0.3, -0.25) is 9.69 Å². The lowest BCUT2D eigenvalue weighted by atomic mass is 9.88. The van der Waals surface area contributed by atoms with Crippen molar-refractivity contribution < 1.29 is 14.3 Å². The fraction of sp³-hybridized carbons (Fsp3) is 0.409. The van der Waals surface area contributed by atoms with Crippen LogP contribution in [-0.4, -0.2) is 44.2 Å². The molecular weight excluding hydrogens is 376 g/mol. The lowest BCUT2D eigenvalue weighted by Gasteiger charge is -2.40. The Morgan fingerprint density at radius 1 is 1.25 bits per heavy atom. The van der Waals surface area contributed by atoms with Gasteiger partial charge in [-0.1, -0.05) is 30.7 Å². The molecule has 1 heterocycles. The lowest BCUT2D eigenvalue weighted by molar-refractivity contribution is 0.0889. The van der Waals surface area contributed by atoms with Crippen molar-refractivity contribution >= 4 is 17.5 Å². The Morgan fingerprint density at radius 3 is 2.57 bits per heavy atom. The van der Waals surface area contributed by atoms with Gasteiger partial charge in [0.15, 0.2) is 11.5 Å². The zero-order chi connectivity index (χ0) is 20.3. The minimum absolute atomic E-state index is 0.0417. The summed E-state index contributed by atoms with van der Waals surface area (Å²) in [5.74, 6) is 1.27. The summed E-state index contributed by atoms with van der Waals surface area (Å²) in [5, 5.41) is 3.59. The second kappa shape index (κ2) is 8.84. The van der Waals surface area contributed by atoms with E-state index in [9.17, 15) is 4.79 Å². The molecule has 2 aromatic rings. The van der Waals surface area contributed by atoms with Crippen molar-refractivity contribution in [1.82, 2.24) is 10.2 Å². The fourth-order valence-corrected chi connectivity index (χ4v) is 4.20. The molecule has 0 aromatic heterocycles. The van der Waals surface area contributed by atoms with E-state index in [0.717, 1.165) is 30.8 Å². The molecule has 0 unspecified atom stereocenters. The number of carbonyl (C=O) groups excluding carboxylic acids is 1. The summed E-state index contributed by atoms with van der Waals surface area (Å²) in [6, 6.07) is 11.1. The van der Waals surface area contributed by atoms with Crippen LogP contribution in [0, 0.1) is 0 Å². The third-order valence-electron chi connectivity index (χ3n) is 5.38. The molecule has 1 N–H and O–H groups in total. The number of likely N-dealkylation sites (N-methyl/N-ethyl adjacent to an activating group) is 1. The highest BCUT2D eigenvalue weighted by atomic mass is 35.5. The van der Waals surface area contributed by atoms with Crippen LogP contribution in [0.4, 0.5) is 0 Å². The first-order valence-corrected chi connectivity index (χ1v) is 9.92. The molecule has 0 bridgehead atoms. The number of amides is 1. The van der Waals surface area contributed by atoms with Gasteiger partial charge in [-0.25, -0.2) is 0 Å². The van der Waals surface area contributed by atoms with Gasteiger partial charge < -0.3 is 14.8 Å². The number of benzene rings is 2. The molecule has 0 radical (unpaired) electrons. The highest BCUT2D eigenvalue weighted by molar-refractivity contribution is 6.33. The standard InChI is InChI=1S/C22H27ClN2O3/c1-5-25-11-10-15-12-19(27-3)20(28-4)13-17(15)21(25)14(2)24-22(26)16-8-6-7-9-18(16)23/h6-9,12-14,21H,5,10-11H2,1-4H3,(H,24,26)/t14-,21-/m1/s1. The molecule has 28 heavy (non-hydrogen) atoms. The van der Waals surface area contributed by atoms with E-state index in [4.69, 9.17) is 21.1 Å². The van der Waals surface area contributed by atoms with E-state index in [-0.39, 0.29) is 18.0 Å². The molecule has 1 aliphatic rings. The topological polar surface area (TPSA) is 50.8 Å². The van der Waals surface area contributed by atoms with Crippen LogP contribution in [-0.2, 0) is 6.42 Å². The number of hydrogen-bond donors (Lipinski definition) is 1. The van der Waals surface area contributed by atoms with E-state index in [1.165, 1.54) is 5.56 Å². The normalized spacial score (nSPS) is 17.5. The summed E-state index contributed by atoms with van der Waals surface area (Å²) in [4.78, 5) is 15.2. The first kappa shape index (κ1) is 20.5. The average molecular weight is 403 g/mol. The van der Waals surface area contributed by atoms with Gasteiger partial charge in [-0.05, 0) is 55.3 Å². The first-order valence-electron chi connectivity index (χ1n) is 9.54. The smallest absolute Gasteiger partial charge is 0.253 e. The molecule has 150 valence electrons. The van der Waals surface area contributed by atoms with E-state index < -0.39 is 0 Å². The Labute approximate surface area is 171 Å². The molecule has 6 heteroatoms. The molecule has 0 aliphatic carbocycles. The van der Waals surface area contributed by atoms with Crippen molar-refractivity contribution in [1.29, 1.82) is 0 Å². The largest absolute Gasteiger partial charge is 0.493 e. The minimum Gasteiger partial charge on any atom is -0.493 e. The van der Waals surface area contributed by atoms with Crippen LogP contribution in [0.2, 0.25) is 5.02 Å². The maximum absolute atomic E-state index is 12.8. The number of nitrogens with one attached hydrogen (secondary N) is 1. The van der Waals surface area contributed by atoms with Gasteiger partial charge in [-0.15, -0.1) is 0 Å². The van der Waals surface area contributed by atoms with E-state index >= 15 is 0 Å². The van der Waals surface area contributed by atoms with Crippen molar-refractivity contribution in [3.05, 3.63) is 58.1 Å². The van der Waals surface area contributed by atoms with E-state index in [1.807, 2.05) is 25.1 Å². The van der Waals surface area contributed by atoms with Crippen LogP contribution in [0.15, 0.2) is 36.4 Å². The SMILES string of the molecule is CCN1CCc2cc(OC)c(OC)cc2[C@H]1[C@@H](C)NC(=O)c1ccccc1Cl. The summed E-state index contributed by atoms with van der Waals surface area (Å²) < 4.78 is 11.0. The highest BCUT2D eigenvalue weighted by Crippen LogP contribution is 2.39. The van der Waals surface area contributed by atoms with E-state index in [0.29, 0.717) is 16.3 Å². The number of methoxy groups -OCH3 is 2. The molecule has 0 saturated heterocycles. The molecular formula is C22H27ClN2O3. The number of hydrogen-bond acceptors (Lipinski definition) is 4. The minimum atomic E-state index is -0.165. The number of carbonyl (C=O) groups is 1. The van der Waals surface area contributed by atoms with Gasteiger partial charge >= 0.3 is 0 Å². The number of fused-ring (bicyclic) bond motifs is 1. The maximum atomic E-state index is 12.8. The van der Waals surface area contributed by atoms with E-state index in [2.05, 4.69) is 23.2 Å². The van der Waals surface area contributed by atoms with Crippen LogP contribution in [0.25, 0.3) is 0 Å². The summed E-state index contributed by atoms with van der Waals surface area (Å²) in [7, 11) is 3.29. The molecule has 3 rings (SSSR count).